The van der Waals surface area contributed by atoms with Crippen LogP contribution in [0.3, 0.4) is 0 Å². The van der Waals surface area contributed by atoms with Crippen molar-refractivity contribution < 1.29 is 19.8 Å². The third kappa shape index (κ3) is 7.97. The highest BCUT2D eigenvalue weighted by molar-refractivity contribution is 7.17. The van der Waals surface area contributed by atoms with Gasteiger partial charge in [-0.05, 0) is 54.2 Å². The smallest absolute Gasteiger partial charge is 0.328 e. The Bertz CT molecular complexity index is 809. The molecule has 0 radical (unpaired) electrons. The Morgan fingerprint density at radius 1 is 1.17 bits per heavy atom. The Balaban J connectivity index is 0.000000321. The van der Waals surface area contributed by atoms with Gasteiger partial charge in [0.05, 0.1) is 0 Å². The van der Waals surface area contributed by atoms with Crippen LogP contribution >= 0.6 is 11.3 Å². The normalized spacial score (nSPS) is 15.0. The Labute approximate surface area is 175 Å². The van der Waals surface area contributed by atoms with E-state index < -0.39 is 11.9 Å². The van der Waals surface area contributed by atoms with Gasteiger partial charge in [-0.3, -0.25) is 4.90 Å². The van der Waals surface area contributed by atoms with Gasteiger partial charge in [-0.15, -0.1) is 11.3 Å². The highest BCUT2D eigenvalue weighted by atomic mass is 32.1. The molecule has 2 aromatic rings. The molecule has 0 amide bonds. The fraction of sp³-hybridized carbons (Fsp3) is 0.455. The number of carboxylic acid groups (broad SMARTS) is 2. The summed E-state index contributed by atoms with van der Waals surface area (Å²) in [6.07, 6.45) is 3.69. The molecule has 3 rings (SSSR count). The molecule has 0 unspecified atom stereocenters. The molecule has 1 aromatic carbocycles. The average Bonchev–Trinajstić information content (AvgIpc) is 3.16. The van der Waals surface area contributed by atoms with Crippen LogP contribution in [0.4, 0.5) is 0 Å². The lowest BCUT2D eigenvalue weighted by Gasteiger charge is -2.36. The minimum atomic E-state index is -1.26. The third-order valence-electron chi connectivity index (χ3n) is 4.73. The van der Waals surface area contributed by atoms with Gasteiger partial charge in [-0.1, -0.05) is 32.0 Å². The Kier molecular flexibility index (Phi) is 9.31. The van der Waals surface area contributed by atoms with Crippen molar-refractivity contribution >= 4 is 33.4 Å². The summed E-state index contributed by atoms with van der Waals surface area (Å²) < 4.78 is 1.47. The number of fused-ring (bicyclic) bond motifs is 1. The van der Waals surface area contributed by atoms with Crippen molar-refractivity contribution in [3.8, 4) is 0 Å². The van der Waals surface area contributed by atoms with E-state index in [1.807, 2.05) is 11.3 Å². The van der Waals surface area contributed by atoms with Gasteiger partial charge in [0, 0.05) is 36.0 Å². The van der Waals surface area contributed by atoms with Crippen molar-refractivity contribution in [3.05, 3.63) is 47.4 Å². The second kappa shape index (κ2) is 11.7. The Morgan fingerprint density at radius 2 is 1.83 bits per heavy atom. The summed E-state index contributed by atoms with van der Waals surface area (Å²) in [7, 11) is 0. The van der Waals surface area contributed by atoms with Crippen molar-refractivity contribution in [3.63, 3.8) is 0 Å². The van der Waals surface area contributed by atoms with Crippen LogP contribution in [0.2, 0.25) is 0 Å². The van der Waals surface area contributed by atoms with Crippen LogP contribution in [0.5, 0.6) is 0 Å². The second-order valence-corrected chi connectivity index (χ2v) is 8.49. The molecule has 1 aliphatic heterocycles. The van der Waals surface area contributed by atoms with Gasteiger partial charge in [0.25, 0.3) is 0 Å². The number of carbonyl (C=O) groups is 2. The summed E-state index contributed by atoms with van der Waals surface area (Å²) in [4.78, 5) is 21.8. The summed E-state index contributed by atoms with van der Waals surface area (Å²) in [6, 6.07) is 9.73. The third-order valence-corrected chi connectivity index (χ3v) is 5.73. The molecule has 0 saturated carbocycles. The van der Waals surface area contributed by atoms with E-state index in [1.165, 1.54) is 48.1 Å². The second-order valence-electron chi connectivity index (χ2n) is 7.57. The van der Waals surface area contributed by atoms with E-state index in [-0.39, 0.29) is 0 Å². The standard InChI is InChI=1S/C18H26N2S.C4H4O4/c1-14(2)12-20(17-6-9-19-10-7-17)13-16-5-3-4-15-8-11-21-18(15)16;5-3(6)1-2-4(7)8/h3-5,8,11,14,17,19H,6-7,9-10,12-13H2,1-2H3;1-2H,(H,5,6)(H,7,8)/b;2-1+. The number of nitrogens with zero attached hydrogens (tertiary/aromatic N) is 1. The summed E-state index contributed by atoms with van der Waals surface area (Å²) >= 11 is 1.88. The summed E-state index contributed by atoms with van der Waals surface area (Å²) in [5, 5.41) is 22.7. The van der Waals surface area contributed by atoms with Gasteiger partial charge < -0.3 is 15.5 Å². The summed E-state index contributed by atoms with van der Waals surface area (Å²) in [6.45, 7) is 9.30. The first kappa shape index (κ1) is 23.1. The number of hydrogen-bond donors (Lipinski definition) is 3. The van der Waals surface area contributed by atoms with Crippen LogP contribution in [0, 0.1) is 5.92 Å². The first-order valence-corrected chi connectivity index (χ1v) is 10.8. The molecular weight excluding hydrogens is 388 g/mol. The number of thiophene rings is 1. The first-order chi connectivity index (χ1) is 13.9. The molecular formula is C22H30N2O4S. The average molecular weight is 419 g/mol. The van der Waals surface area contributed by atoms with Crippen LogP contribution in [-0.4, -0.2) is 52.7 Å². The molecule has 0 bridgehead atoms. The van der Waals surface area contributed by atoms with Gasteiger partial charge in [0.2, 0.25) is 0 Å². The number of nitrogens with one attached hydrogen (secondary N) is 1. The lowest BCUT2D eigenvalue weighted by molar-refractivity contribution is -0.134. The van der Waals surface area contributed by atoms with Gasteiger partial charge in [-0.2, -0.15) is 0 Å². The fourth-order valence-corrected chi connectivity index (χ4v) is 4.43. The Hall–Kier alpha value is -2.22. The van der Waals surface area contributed by atoms with E-state index in [1.54, 1.807) is 0 Å². The maximum atomic E-state index is 9.55. The minimum Gasteiger partial charge on any atom is -0.478 e. The van der Waals surface area contributed by atoms with Crippen molar-refractivity contribution in [2.75, 3.05) is 19.6 Å². The van der Waals surface area contributed by atoms with Crippen molar-refractivity contribution in [1.82, 2.24) is 10.2 Å². The molecule has 3 N–H and O–H groups in total. The number of rotatable bonds is 7. The molecule has 0 aliphatic carbocycles. The number of hydrogen-bond acceptors (Lipinski definition) is 5. The lowest BCUT2D eigenvalue weighted by Crippen LogP contribution is -2.44. The van der Waals surface area contributed by atoms with Crippen molar-refractivity contribution in [2.45, 2.75) is 39.3 Å². The summed E-state index contributed by atoms with van der Waals surface area (Å²) in [5.41, 5.74) is 1.50. The van der Waals surface area contributed by atoms with Crippen LogP contribution in [0.15, 0.2) is 41.8 Å². The minimum absolute atomic E-state index is 0.558. The van der Waals surface area contributed by atoms with E-state index >= 15 is 0 Å². The molecule has 2 heterocycles. The predicted octanol–water partition coefficient (Wildman–Crippen LogP) is 3.82. The maximum Gasteiger partial charge on any atom is 0.328 e. The lowest BCUT2D eigenvalue weighted by atomic mass is 10.0. The summed E-state index contributed by atoms with van der Waals surface area (Å²) in [5.74, 6) is -1.79. The van der Waals surface area contributed by atoms with Gasteiger partial charge in [0.15, 0.2) is 0 Å². The van der Waals surface area contributed by atoms with Crippen molar-refractivity contribution in [2.24, 2.45) is 5.92 Å². The zero-order valence-corrected chi connectivity index (χ0v) is 17.8. The highest BCUT2D eigenvalue weighted by Crippen LogP contribution is 2.27. The topological polar surface area (TPSA) is 89.9 Å². The first-order valence-electron chi connectivity index (χ1n) is 9.90. The van der Waals surface area contributed by atoms with Gasteiger partial charge in [-0.25, -0.2) is 9.59 Å². The van der Waals surface area contributed by atoms with E-state index in [0.29, 0.717) is 12.2 Å². The van der Waals surface area contributed by atoms with Gasteiger partial charge in [0.1, 0.15) is 0 Å². The van der Waals surface area contributed by atoms with Gasteiger partial charge >= 0.3 is 11.9 Å². The highest BCUT2D eigenvalue weighted by Gasteiger charge is 2.22. The van der Waals surface area contributed by atoms with E-state index in [2.05, 4.69) is 53.7 Å². The maximum absolute atomic E-state index is 9.55. The van der Waals surface area contributed by atoms with E-state index in [9.17, 15) is 9.59 Å². The predicted molar refractivity (Wildman–Crippen MR) is 117 cm³/mol. The number of benzene rings is 1. The molecule has 0 spiro atoms. The number of piperidine rings is 1. The van der Waals surface area contributed by atoms with Crippen LogP contribution in [0.25, 0.3) is 10.1 Å². The van der Waals surface area contributed by atoms with Crippen molar-refractivity contribution in [1.29, 1.82) is 0 Å². The van der Waals surface area contributed by atoms with Crippen LogP contribution < -0.4 is 5.32 Å². The molecule has 0 atom stereocenters. The molecule has 1 fully saturated rings. The zero-order valence-electron chi connectivity index (χ0n) is 17.0. The molecule has 1 aromatic heterocycles. The quantitative estimate of drug-likeness (QED) is 0.592. The molecule has 7 heteroatoms. The van der Waals surface area contributed by atoms with Crippen LogP contribution in [0.1, 0.15) is 32.3 Å². The SMILES string of the molecule is CC(C)CN(Cc1cccc2ccsc12)C1CCNCC1.O=C(O)/C=C/C(=O)O. The Morgan fingerprint density at radius 3 is 2.41 bits per heavy atom. The van der Waals surface area contributed by atoms with E-state index in [4.69, 9.17) is 10.2 Å². The largest absolute Gasteiger partial charge is 0.478 e. The van der Waals surface area contributed by atoms with Crippen LogP contribution in [-0.2, 0) is 16.1 Å². The molecule has 1 aliphatic rings. The molecule has 158 valence electrons. The van der Waals surface area contributed by atoms with E-state index in [0.717, 1.165) is 18.5 Å². The number of aliphatic carboxylic acids is 2. The molecule has 29 heavy (non-hydrogen) atoms. The zero-order chi connectivity index (χ0) is 21.2. The number of carboxylic acids is 2. The molecule has 6 nitrogen and oxygen atoms in total. The molecule has 1 saturated heterocycles. The fourth-order valence-electron chi connectivity index (χ4n) is 3.52. The monoisotopic (exact) mass is 418 g/mol.